The fraction of sp³-hybridized carbons (Fsp3) is 0.933. The van der Waals surface area contributed by atoms with Crippen LogP contribution in [0.15, 0.2) is 0 Å². The molecule has 0 radical (unpaired) electrons. The first kappa shape index (κ1) is 19.5. The monoisotopic (exact) mass is 341 g/mol. The van der Waals surface area contributed by atoms with Crippen molar-refractivity contribution in [3.05, 3.63) is 0 Å². The molecular weight excluding hydrogens is 315 g/mol. The van der Waals surface area contributed by atoms with Gasteiger partial charge in [0, 0.05) is 19.0 Å². The standard InChI is InChI=1S/C15H26F3NO2S/c1-14(2,3)21-13(20)19-9-4-6-12(19)7-11-22-10-5-8-15(16,17)18/h12H,4-11H2,1-3H3/t12-/m1/s1. The van der Waals surface area contributed by atoms with Gasteiger partial charge >= 0.3 is 12.3 Å². The molecule has 1 heterocycles. The molecule has 0 aliphatic carbocycles. The first-order chi connectivity index (χ1) is 10.1. The lowest BCUT2D eigenvalue weighted by Crippen LogP contribution is -2.40. The predicted molar refractivity (Wildman–Crippen MR) is 83.2 cm³/mol. The van der Waals surface area contributed by atoms with Crippen molar-refractivity contribution in [3.8, 4) is 0 Å². The van der Waals surface area contributed by atoms with E-state index in [1.54, 1.807) is 4.90 Å². The molecule has 1 aliphatic heterocycles. The molecule has 7 heteroatoms. The number of carbonyl (C=O) groups is 1. The van der Waals surface area contributed by atoms with E-state index in [0.29, 0.717) is 12.3 Å². The Morgan fingerprint density at radius 3 is 2.55 bits per heavy atom. The Kier molecular flexibility index (Phi) is 7.35. The molecule has 0 aromatic heterocycles. The summed E-state index contributed by atoms with van der Waals surface area (Å²) in [6, 6.07) is 0.157. The van der Waals surface area contributed by atoms with Crippen LogP contribution >= 0.6 is 11.8 Å². The van der Waals surface area contributed by atoms with Gasteiger partial charge in [-0.1, -0.05) is 0 Å². The Hall–Kier alpha value is -0.590. The van der Waals surface area contributed by atoms with Crippen molar-refractivity contribution >= 4 is 17.9 Å². The second kappa shape index (κ2) is 8.31. The van der Waals surface area contributed by atoms with Gasteiger partial charge in [-0.2, -0.15) is 24.9 Å². The van der Waals surface area contributed by atoms with Crippen molar-refractivity contribution in [1.29, 1.82) is 0 Å². The normalized spacial score (nSPS) is 19.5. The maximum atomic E-state index is 12.1. The van der Waals surface area contributed by atoms with Gasteiger partial charge in [-0.25, -0.2) is 4.79 Å². The number of hydrogen-bond donors (Lipinski definition) is 0. The molecule has 3 nitrogen and oxygen atoms in total. The first-order valence-electron chi connectivity index (χ1n) is 7.72. The van der Waals surface area contributed by atoms with Gasteiger partial charge in [0.05, 0.1) is 0 Å². The largest absolute Gasteiger partial charge is 0.444 e. The van der Waals surface area contributed by atoms with Crippen molar-refractivity contribution in [2.45, 2.75) is 70.7 Å². The van der Waals surface area contributed by atoms with E-state index >= 15 is 0 Å². The number of nitrogens with zero attached hydrogens (tertiary/aromatic N) is 1. The molecule has 0 N–H and O–H groups in total. The summed E-state index contributed by atoms with van der Waals surface area (Å²) < 4.78 is 41.4. The minimum atomic E-state index is -4.06. The fourth-order valence-corrected chi connectivity index (χ4v) is 3.38. The number of amides is 1. The van der Waals surface area contributed by atoms with E-state index in [1.165, 1.54) is 11.8 Å². The maximum absolute atomic E-state index is 12.1. The number of ether oxygens (including phenoxy) is 1. The van der Waals surface area contributed by atoms with E-state index in [2.05, 4.69) is 0 Å². The van der Waals surface area contributed by atoms with Gasteiger partial charge in [0.15, 0.2) is 0 Å². The van der Waals surface area contributed by atoms with E-state index in [1.807, 2.05) is 20.8 Å². The summed E-state index contributed by atoms with van der Waals surface area (Å²) in [4.78, 5) is 13.9. The molecule has 0 unspecified atom stereocenters. The summed E-state index contributed by atoms with van der Waals surface area (Å²) in [5.41, 5.74) is -0.503. The fourth-order valence-electron chi connectivity index (χ4n) is 2.39. The SMILES string of the molecule is CC(C)(C)OC(=O)N1CCC[C@@H]1CCSCCCC(F)(F)F. The number of halogens is 3. The quantitative estimate of drug-likeness (QED) is 0.647. The highest BCUT2D eigenvalue weighted by Gasteiger charge is 2.31. The maximum Gasteiger partial charge on any atom is 0.410 e. The van der Waals surface area contributed by atoms with Gasteiger partial charge in [0.1, 0.15) is 5.60 Å². The minimum absolute atomic E-state index is 0.157. The smallest absolute Gasteiger partial charge is 0.410 e. The van der Waals surface area contributed by atoms with Crippen molar-refractivity contribution in [2.75, 3.05) is 18.1 Å². The lowest BCUT2D eigenvalue weighted by Gasteiger charge is -2.28. The third-order valence-electron chi connectivity index (χ3n) is 3.35. The topological polar surface area (TPSA) is 29.5 Å². The van der Waals surface area contributed by atoms with E-state index in [9.17, 15) is 18.0 Å². The molecule has 0 aromatic rings. The predicted octanol–water partition coefficient (Wildman–Crippen LogP) is 4.85. The summed E-state index contributed by atoms with van der Waals surface area (Å²) in [6.45, 7) is 6.23. The van der Waals surface area contributed by atoms with E-state index in [0.717, 1.165) is 25.0 Å². The zero-order valence-electron chi connectivity index (χ0n) is 13.5. The van der Waals surface area contributed by atoms with E-state index in [-0.39, 0.29) is 18.6 Å². The molecule has 1 rings (SSSR count). The third-order valence-corrected chi connectivity index (χ3v) is 4.45. The number of carbonyl (C=O) groups excluding carboxylic acids is 1. The summed E-state index contributed by atoms with van der Waals surface area (Å²) >= 11 is 1.53. The number of thioether (sulfide) groups is 1. The van der Waals surface area contributed by atoms with Gasteiger partial charge in [-0.15, -0.1) is 0 Å². The molecule has 0 bridgehead atoms. The van der Waals surface area contributed by atoms with E-state index in [4.69, 9.17) is 4.74 Å². The molecule has 1 amide bonds. The molecule has 1 aliphatic rings. The van der Waals surface area contributed by atoms with Gasteiger partial charge in [0.2, 0.25) is 0 Å². The van der Waals surface area contributed by atoms with Crippen molar-refractivity contribution in [1.82, 2.24) is 4.90 Å². The molecule has 0 saturated carbocycles. The Morgan fingerprint density at radius 2 is 1.95 bits per heavy atom. The van der Waals surface area contributed by atoms with Crippen LogP contribution in [0.3, 0.4) is 0 Å². The highest BCUT2D eigenvalue weighted by Crippen LogP contribution is 2.26. The van der Waals surface area contributed by atoms with Crippen LogP contribution in [0.1, 0.15) is 52.9 Å². The molecule has 130 valence electrons. The number of likely N-dealkylation sites (tertiary alicyclic amines) is 1. The lowest BCUT2D eigenvalue weighted by molar-refractivity contribution is -0.134. The average molecular weight is 341 g/mol. The molecule has 1 atom stereocenters. The summed E-state index contributed by atoms with van der Waals surface area (Å²) in [5.74, 6) is 1.29. The second-order valence-electron chi connectivity index (χ2n) is 6.59. The first-order valence-corrected chi connectivity index (χ1v) is 8.88. The highest BCUT2D eigenvalue weighted by atomic mass is 32.2. The van der Waals surface area contributed by atoms with Gasteiger partial charge in [-0.05, 0) is 58.0 Å². The molecular formula is C15H26F3NO2S. The van der Waals surface area contributed by atoms with Gasteiger partial charge < -0.3 is 9.64 Å². The minimum Gasteiger partial charge on any atom is -0.444 e. The van der Waals surface area contributed by atoms with Gasteiger partial charge in [-0.3, -0.25) is 0 Å². The Labute approximate surface area is 134 Å². The van der Waals surface area contributed by atoms with Crippen LogP contribution in [-0.4, -0.2) is 46.9 Å². The molecule has 0 spiro atoms. The molecule has 1 saturated heterocycles. The van der Waals surface area contributed by atoms with Crippen molar-refractivity contribution in [3.63, 3.8) is 0 Å². The van der Waals surface area contributed by atoms with Crippen LogP contribution < -0.4 is 0 Å². The van der Waals surface area contributed by atoms with Crippen LogP contribution in [0.2, 0.25) is 0 Å². The van der Waals surface area contributed by atoms with Gasteiger partial charge in [0.25, 0.3) is 0 Å². The van der Waals surface area contributed by atoms with Crippen LogP contribution in [0.4, 0.5) is 18.0 Å². The molecule has 1 fully saturated rings. The number of hydrogen-bond acceptors (Lipinski definition) is 3. The van der Waals surface area contributed by atoms with Crippen LogP contribution in [0.25, 0.3) is 0 Å². The zero-order chi connectivity index (χ0) is 16.8. The molecule has 0 aromatic carbocycles. The van der Waals surface area contributed by atoms with Crippen LogP contribution in [0.5, 0.6) is 0 Å². The lowest BCUT2D eigenvalue weighted by atomic mass is 10.2. The Balaban J connectivity index is 2.23. The van der Waals surface area contributed by atoms with Crippen molar-refractivity contribution in [2.24, 2.45) is 0 Å². The molecule has 22 heavy (non-hydrogen) atoms. The van der Waals surface area contributed by atoms with Crippen LogP contribution in [0, 0.1) is 0 Å². The Morgan fingerprint density at radius 1 is 1.27 bits per heavy atom. The van der Waals surface area contributed by atoms with Crippen LogP contribution in [-0.2, 0) is 4.74 Å². The summed E-state index contributed by atoms with van der Waals surface area (Å²) in [5, 5.41) is 0. The van der Waals surface area contributed by atoms with E-state index < -0.39 is 18.2 Å². The zero-order valence-corrected chi connectivity index (χ0v) is 14.4. The summed E-state index contributed by atoms with van der Waals surface area (Å²) in [6.07, 6.45) is -2.17. The van der Waals surface area contributed by atoms with Crippen molar-refractivity contribution < 1.29 is 22.7 Å². The summed E-state index contributed by atoms with van der Waals surface area (Å²) in [7, 11) is 0. The Bertz CT molecular complexity index is 356. The second-order valence-corrected chi connectivity index (χ2v) is 7.81. The average Bonchev–Trinajstić information content (AvgIpc) is 2.78. The number of rotatable bonds is 6. The number of alkyl halides is 3. The third kappa shape index (κ3) is 8.15. The highest BCUT2D eigenvalue weighted by molar-refractivity contribution is 7.99.